The lowest BCUT2D eigenvalue weighted by Crippen LogP contribution is -2.39. The molecular formula is C16H14BrClN4O3. The summed E-state index contributed by atoms with van der Waals surface area (Å²) in [6, 6.07) is 5.11. The van der Waals surface area contributed by atoms with Gasteiger partial charge in [-0.15, -0.1) is 0 Å². The third-order valence-electron chi connectivity index (χ3n) is 3.95. The molecule has 1 heterocycles. The molecule has 0 saturated heterocycles. The number of rotatable bonds is 4. The number of aromatic nitrogens is 2. The van der Waals surface area contributed by atoms with Crippen LogP contribution in [0.25, 0.3) is 4.85 Å². The van der Waals surface area contributed by atoms with Crippen LogP contribution in [0.3, 0.4) is 0 Å². The molecule has 1 aromatic heterocycles. The Morgan fingerprint density at radius 2 is 2.16 bits per heavy atom. The first-order valence-corrected chi connectivity index (χ1v) is 8.86. The van der Waals surface area contributed by atoms with Gasteiger partial charge in [0, 0.05) is 6.04 Å². The van der Waals surface area contributed by atoms with Crippen LogP contribution in [0.2, 0.25) is 5.02 Å². The minimum absolute atomic E-state index is 0.0473. The summed E-state index contributed by atoms with van der Waals surface area (Å²) in [6.45, 7) is 7.00. The number of carbonyl (C=O) groups is 1. The summed E-state index contributed by atoms with van der Waals surface area (Å²) < 4.78 is 11.0. The first-order chi connectivity index (χ1) is 12.0. The van der Waals surface area contributed by atoms with Gasteiger partial charge in [-0.3, -0.25) is 4.79 Å². The Morgan fingerprint density at radius 3 is 2.76 bits per heavy atom. The molecule has 25 heavy (non-hydrogen) atoms. The third kappa shape index (κ3) is 4.50. The zero-order valence-electron chi connectivity index (χ0n) is 13.0. The van der Waals surface area contributed by atoms with Crippen molar-refractivity contribution < 1.29 is 14.1 Å². The molecule has 1 amide bonds. The Morgan fingerprint density at radius 1 is 1.40 bits per heavy atom. The molecule has 1 N–H and O–H groups in total. The van der Waals surface area contributed by atoms with Crippen molar-refractivity contribution in [2.24, 2.45) is 0 Å². The molecule has 1 saturated carbocycles. The molecule has 0 unspecified atom stereocenters. The summed E-state index contributed by atoms with van der Waals surface area (Å²) in [5.41, 5.74) is 0.410. The van der Waals surface area contributed by atoms with E-state index in [2.05, 4.69) is 36.2 Å². The van der Waals surface area contributed by atoms with E-state index < -0.39 is 0 Å². The minimum atomic E-state index is -0.371. The SMILES string of the molecule is [C-]#[N+]c1ccc(OC2CCC(NC(=O)c3nc(Br)no3)CC2)cc1Cl. The summed E-state index contributed by atoms with van der Waals surface area (Å²) in [5, 5.41) is 6.81. The van der Waals surface area contributed by atoms with Gasteiger partial charge in [0.25, 0.3) is 0 Å². The highest BCUT2D eigenvalue weighted by atomic mass is 79.9. The second-order valence-electron chi connectivity index (χ2n) is 5.66. The summed E-state index contributed by atoms with van der Waals surface area (Å²) in [5.74, 6) is 0.226. The van der Waals surface area contributed by atoms with Crippen LogP contribution in [0.5, 0.6) is 5.75 Å². The van der Waals surface area contributed by atoms with Crippen LogP contribution in [0.15, 0.2) is 27.5 Å². The highest BCUT2D eigenvalue weighted by Crippen LogP contribution is 2.31. The van der Waals surface area contributed by atoms with Gasteiger partial charge in [0.15, 0.2) is 0 Å². The lowest BCUT2D eigenvalue weighted by Gasteiger charge is -2.29. The Labute approximate surface area is 157 Å². The highest BCUT2D eigenvalue weighted by molar-refractivity contribution is 9.10. The average Bonchev–Trinajstić information content (AvgIpc) is 3.03. The van der Waals surface area contributed by atoms with E-state index >= 15 is 0 Å². The van der Waals surface area contributed by atoms with Gasteiger partial charge in [-0.1, -0.05) is 17.7 Å². The van der Waals surface area contributed by atoms with Gasteiger partial charge in [-0.2, -0.15) is 4.98 Å². The van der Waals surface area contributed by atoms with E-state index in [1.165, 1.54) is 0 Å². The first-order valence-electron chi connectivity index (χ1n) is 7.69. The quantitative estimate of drug-likeness (QED) is 0.744. The van der Waals surface area contributed by atoms with Crippen LogP contribution in [-0.2, 0) is 0 Å². The van der Waals surface area contributed by atoms with Crippen molar-refractivity contribution in [2.75, 3.05) is 0 Å². The Kier molecular flexibility index (Phi) is 5.56. The molecule has 1 fully saturated rings. The average molecular weight is 426 g/mol. The van der Waals surface area contributed by atoms with Crippen LogP contribution in [0, 0.1) is 6.57 Å². The predicted molar refractivity (Wildman–Crippen MR) is 93.9 cm³/mol. The fourth-order valence-corrected chi connectivity index (χ4v) is 3.16. The fraction of sp³-hybridized carbons (Fsp3) is 0.375. The second kappa shape index (κ2) is 7.85. The van der Waals surface area contributed by atoms with Crippen LogP contribution in [0.1, 0.15) is 36.4 Å². The molecule has 3 rings (SSSR count). The van der Waals surface area contributed by atoms with Gasteiger partial charge in [0.1, 0.15) is 5.75 Å². The molecule has 0 atom stereocenters. The van der Waals surface area contributed by atoms with Crippen LogP contribution in [-0.4, -0.2) is 28.2 Å². The molecule has 1 aliphatic rings. The van der Waals surface area contributed by atoms with E-state index in [0.29, 0.717) is 16.5 Å². The standard InChI is InChI=1S/C16H14BrClN4O3/c1-19-13-7-6-11(8-12(13)18)24-10-4-2-9(3-5-10)20-14(23)15-21-16(17)22-25-15/h6-10H,2-5H2,(H,20,23). The number of benzene rings is 1. The van der Waals surface area contributed by atoms with Crippen molar-refractivity contribution in [1.82, 2.24) is 15.5 Å². The maximum absolute atomic E-state index is 12.0. The van der Waals surface area contributed by atoms with Crippen molar-refractivity contribution in [3.05, 3.63) is 45.3 Å². The van der Waals surface area contributed by atoms with Gasteiger partial charge >= 0.3 is 11.8 Å². The Balaban J connectivity index is 1.49. The fourth-order valence-electron chi connectivity index (χ4n) is 2.71. The monoisotopic (exact) mass is 424 g/mol. The van der Waals surface area contributed by atoms with Crippen molar-refractivity contribution >= 4 is 39.1 Å². The van der Waals surface area contributed by atoms with E-state index in [1.54, 1.807) is 18.2 Å². The molecule has 0 radical (unpaired) electrons. The molecule has 130 valence electrons. The van der Waals surface area contributed by atoms with Gasteiger partial charge in [0.05, 0.1) is 17.7 Å². The Bertz CT molecular complexity index is 812. The maximum atomic E-state index is 12.0. The smallest absolute Gasteiger partial charge is 0.316 e. The lowest BCUT2D eigenvalue weighted by molar-refractivity contribution is 0.0851. The second-order valence-corrected chi connectivity index (χ2v) is 6.78. The zero-order chi connectivity index (χ0) is 17.8. The zero-order valence-corrected chi connectivity index (χ0v) is 15.4. The van der Waals surface area contributed by atoms with Crippen molar-refractivity contribution in [1.29, 1.82) is 0 Å². The molecule has 2 aromatic rings. The van der Waals surface area contributed by atoms with E-state index in [9.17, 15) is 4.79 Å². The number of ether oxygens (including phenoxy) is 1. The number of nitrogens with zero attached hydrogens (tertiary/aromatic N) is 3. The van der Waals surface area contributed by atoms with Gasteiger partial charge in [-0.25, -0.2) is 4.85 Å². The van der Waals surface area contributed by atoms with Crippen LogP contribution in [0.4, 0.5) is 5.69 Å². The van der Waals surface area contributed by atoms with Gasteiger partial charge in [-0.05, 0) is 58.9 Å². The minimum Gasteiger partial charge on any atom is -0.490 e. The molecule has 0 bridgehead atoms. The van der Waals surface area contributed by atoms with E-state index in [4.69, 9.17) is 27.4 Å². The number of carbonyl (C=O) groups excluding carboxylic acids is 1. The molecule has 1 aromatic carbocycles. The van der Waals surface area contributed by atoms with Gasteiger partial charge < -0.3 is 14.6 Å². The van der Waals surface area contributed by atoms with Crippen LogP contribution >= 0.6 is 27.5 Å². The lowest BCUT2D eigenvalue weighted by atomic mass is 9.93. The summed E-state index contributed by atoms with van der Waals surface area (Å²) in [6.07, 6.45) is 3.25. The maximum Gasteiger partial charge on any atom is 0.316 e. The molecule has 0 aliphatic heterocycles. The molecular weight excluding hydrogens is 412 g/mol. The predicted octanol–water partition coefficient (Wildman–Crippen LogP) is 4.16. The first kappa shape index (κ1) is 17.7. The Hall–Kier alpha value is -2.11. The topological polar surface area (TPSA) is 81.6 Å². The summed E-state index contributed by atoms with van der Waals surface area (Å²) in [7, 11) is 0. The largest absolute Gasteiger partial charge is 0.490 e. The number of hydrogen-bond acceptors (Lipinski definition) is 5. The normalized spacial score (nSPS) is 19.9. The molecule has 1 aliphatic carbocycles. The summed E-state index contributed by atoms with van der Waals surface area (Å²) >= 11 is 9.06. The summed E-state index contributed by atoms with van der Waals surface area (Å²) in [4.78, 5) is 19.2. The highest BCUT2D eigenvalue weighted by Gasteiger charge is 2.25. The third-order valence-corrected chi connectivity index (χ3v) is 4.57. The van der Waals surface area contributed by atoms with Crippen molar-refractivity contribution in [2.45, 2.75) is 37.8 Å². The number of halogens is 2. The van der Waals surface area contributed by atoms with E-state index in [1.807, 2.05) is 0 Å². The molecule has 7 nitrogen and oxygen atoms in total. The van der Waals surface area contributed by atoms with Crippen molar-refractivity contribution in [3.8, 4) is 5.75 Å². The molecule has 0 spiro atoms. The number of nitrogens with one attached hydrogen (secondary N) is 1. The molecule has 9 heteroatoms. The van der Waals surface area contributed by atoms with E-state index in [0.717, 1.165) is 25.7 Å². The van der Waals surface area contributed by atoms with Gasteiger partial charge in [0.2, 0.25) is 10.4 Å². The van der Waals surface area contributed by atoms with Crippen molar-refractivity contribution in [3.63, 3.8) is 0 Å². The van der Waals surface area contributed by atoms with E-state index in [-0.39, 0.29) is 28.7 Å². The van der Waals surface area contributed by atoms with Crippen LogP contribution < -0.4 is 10.1 Å². The number of hydrogen-bond donors (Lipinski definition) is 1. The number of amides is 1.